The largest absolute Gasteiger partial charge is 0.467 e. The van der Waals surface area contributed by atoms with Crippen molar-refractivity contribution in [3.8, 4) is 16.9 Å². The van der Waals surface area contributed by atoms with Crippen molar-refractivity contribution in [1.29, 1.82) is 0 Å². The fourth-order valence-electron chi connectivity index (χ4n) is 5.78. The third-order valence-electron chi connectivity index (χ3n) is 7.53. The van der Waals surface area contributed by atoms with Gasteiger partial charge >= 0.3 is 6.09 Å². The zero-order valence-electron chi connectivity index (χ0n) is 19.8. The number of methoxy groups -OCH3 is 1. The number of amides is 1. The van der Waals surface area contributed by atoms with Crippen molar-refractivity contribution >= 4 is 6.09 Å². The summed E-state index contributed by atoms with van der Waals surface area (Å²) in [6.45, 7) is 7.77. The molecule has 0 radical (unpaired) electrons. The SMILES string of the molecule is COCOc1ccccc1-c1ccc2c(c1)CC(C)(C)C2NC(=O)O[C@H]1CN2CCC1CC2. The van der Waals surface area contributed by atoms with Crippen LogP contribution in [0.15, 0.2) is 42.5 Å². The molecule has 2 atom stereocenters. The predicted octanol–water partition coefficient (Wildman–Crippen LogP) is 4.78. The minimum Gasteiger partial charge on any atom is -0.467 e. The quantitative estimate of drug-likeness (QED) is 0.642. The molecule has 3 fully saturated rings. The molecule has 0 spiro atoms. The first-order valence-electron chi connectivity index (χ1n) is 12.0. The third-order valence-corrected chi connectivity index (χ3v) is 7.53. The number of fused-ring (bicyclic) bond motifs is 4. The molecule has 2 bridgehead atoms. The van der Waals surface area contributed by atoms with Gasteiger partial charge < -0.3 is 19.5 Å². The van der Waals surface area contributed by atoms with E-state index < -0.39 is 0 Å². The Balaban J connectivity index is 1.33. The summed E-state index contributed by atoms with van der Waals surface area (Å²) in [5, 5.41) is 3.21. The summed E-state index contributed by atoms with van der Waals surface area (Å²) in [4.78, 5) is 15.3. The van der Waals surface area contributed by atoms with Crippen LogP contribution in [0.5, 0.6) is 5.75 Å². The van der Waals surface area contributed by atoms with Crippen LogP contribution in [0, 0.1) is 11.3 Å². The van der Waals surface area contributed by atoms with Crippen LogP contribution >= 0.6 is 0 Å². The van der Waals surface area contributed by atoms with Crippen molar-refractivity contribution in [2.75, 3.05) is 33.5 Å². The number of rotatable bonds is 6. The van der Waals surface area contributed by atoms with E-state index in [1.165, 1.54) is 11.1 Å². The molecule has 1 N–H and O–H groups in total. The van der Waals surface area contributed by atoms with Gasteiger partial charge in [0, 0.05) is 19.2 Å². The van der Waals surface area contributed by atoms with E-state index in [9.17, 15) is 4.79 Å². The molecule has 1 unspecified atom stereocenters. The molecule has 4 aliphatic rings. The maximum absolute atomic E-state index is 12.9. The first-order chi connectivity index (χ1) is 15.9. The molecular weight excluding hydrogens is 416 g/mol. The highest BCUT2D eigenvalue weighted by molar-refractivity contribution is 5.73. The molecule has 3 saturated heterocycles. The maximum atomic E-state index is 12.9. The van der Waals surface area contributed by atoms with E-state index in [4.69, 9.17) is 14.2 Å². The number of ether oxygens (including phenoxy) is 3. The number of hydrogen-bond acceptors (Lipinski definition) is 5. The van der Waals surface area contributed by atoms with E-state index in [0.29, 0.717) is 5.92 Å². The summed E-state index contributed by atoms with van der Waals surface area (Å²) < 4.78 is 16.8. The van der Waals surface area contributed by atoms with Crippen molar-refractivity contribution < 1.29 is 19.0 Å². The average molecular weight is 451 g/mol. The molecule has 2 aromatic carbocycles. The fourth-order valence-corrected chi connectivity index (χ4v) is 5.78. The molecule has 6 nitrogen and oxygen atoms in total. The molecule has 176 valence electrons. The van der Waals surface area contributed by atoms with Gasteiger partial charge in [-0.15, -0.1) is 0 Å². The van der Waals surface area contributed by atoms with Crippen molar-refractivity contribution in [3.05, 3.63) is 53.6 Å². The molecule has 0 aromatic heterocycles. The third kappa shape index (κ3) is 4.46. The number of alkyl carbamates (subject to hydrolysis) is 1. The lowest BCUT2D eigenvalue weighted by Crippen LogP contribution is -2.53. The number of para-hydroxylation sites is 1. The topological polar surface area (TPSA) is 60.0 Å². The highest BCUT2D eigenvalue weighted by Gasteiger charge is 2.42. The number of piperidine rings is 3. The van der Waals surface area contributed by atoms with E-state index in [-0.39, 0.29) is 30.4 Å². The molecule has 6 heteroatoms. The van der Waals surface area contributed by atoms with E-state index in [2.05, 4.69) is 48.3 Å². The van der Waals surface area contributed by atoms with Crippen molar-refractivity contribution in [1.82, 2.24) is 10.2 Å². The molecule has 6 rings (SSSR count). The van der Waals surface area contributed by atoms with Gasteiger partial charge in [-0.2, -0.15) is 0 Å². The van der Waals surface area contributed by atoms with Gasteiger partial charge in [-0.25, -0.2) is 4.79 Å². The van der Waals surface area contributed by atoms with Crippen molar-refractivity contribution in [2.45, 2.75) is 45.3 Å². The van der Waals surface area contributed by atoms with Crippen LogP contribution in [0.4, 0.5) is 4.79 Å². The van der Waals surface area contributed by atoms with Gasteiger partial charge in [-0.1, -0.05) is 50.2 Å². The van der Waals surface area contributed by atoms with E-state index in [0.717, 1.165) is 55.8 Å². The predicted molar refractivity (Wildman–Crippen MR) is 127 cm³/mol. The van der Waals surface area contributed by atoms with Gasteiger partial charge in [0.15, 0.2) is 6.79 Å². The lowest BCUT2D eigenvalue weighted by molar-refractivity contribution is -0.0348. The Labute approximate surface area is 196 Å². The number of carbonyl (C=O) groups excluding carboxylic acids is 1. The summed E-state index contributed by atoms with van der Waals surface area (Å²) in [6, 6.07) is 14.4. The van der Waals surface area contributed by atoms with E-state index in [1.807, 2.05) is 18.2 Å². The number of nitrogens with zero attached hydrogens (tertiary/aromatic N) is 1. The fraction of sp³-hybridized carbons (Fsp3) is 0.519. The van der Waals surface area contributed by atoms with Crippen LogP contribution in [0.2, 0.25) is 0 Å². The summed E-state index contributed by atoms with van der Waals surface area (Å²) in [6.07, 6.45) is 2.88. The summed E-state index contributed by atoms with van der Waals surface area (Å²) >= 11 is 0. The van der Waals surface area contributed by atoms with Crippen LogP contribution in [-0.4, -0.2) is 50.6 Å². The Morgan fingerprint density at radius 1 is 1.15 bits per heavy atom. The number of nitrogens with one attached hydrogen (secondary N) is 1. The molecule has 3 heterocycles. The van der Waals surface area contributed by atoms with Crippen molar-refractivity contribution in [3.63, 3.8) is 0 Å². The Kier molecular flexibility index (Phi) is 6.06. The molecule has 1 amide bonds. The molecule has 3 aliphatic heterocycles. The van der Waals surface area contributed by atoms with Crippen molar-refractivity contribution in [2.24, 2.45) is 11.3 Å². The van der Waals surface area contributed by atoms with Gasteiger partial charge in [-0.3, -0.25) is 4.90 Å². The molecule has 33 heavy (non-hydrogen) atoms. The minimum absolute atomic E-state index is 0.0162. The van der Waals surface area contributed by atoms with Crippen LogP contribution in [0.3, 0.4) is 0 Å². The maximum Gasteiger partial charge on any atom is 0.407 e. The lowest BCUT2D eigenvalue weighted by Gasteiger charge is -2.44. The minimum atomic E-state index is -0.290. The molecule has 0 saturated carbocycles. The Morgan fingerprint density at radius 3 is 2.67 bits per heavy atom. The van der Waals surface area contributed by atoms with Crippen LogP contribution < -0.4 is 10.1 Å². The first-order valence-corrected chi connectivity index (χ1v) is 12.0. The van der Waals surface area contributed by atoms with E-state index in [1.54, 1.807) is 7.11 Å². The first kappa shape index (κ1) is 22.2. The summed E-state index contributed by atoms with van der Waals surface area (Å²) in [7, 11) is 1.62. The average Bonchev–Trinajstić information content (AvgIpc) is 3.07. The van der Waals surface area contributed by atoms with Crippen LogP contribution in [0.25, 0.3) is 11.1 Å². The zero-order chi connectivity index (χ0) is 23.0. The van der Waals surface area contributed by atoms with Gasteiger partial charge in [0.05, 0.1) is 6.04 Å². The smallest absolute Gasteiger partial charge is 0.407 e. The second kappa shape index (κ2) is 8.99. The van der Waals surface area contributed by atoms with Gasteiger partial charge in [0.2, 0.25) is 0 Å². The van der Waals surface area contributed by atoms with Crippen LogP contribution in [-0.2, 0) is 15.9 Å². The van der Waals surface area contributed by atoms with Crippen LogP contribution in [0.1, 0.15) is 43.9 Å². The Hall–Kier alpha value is -2.57. The highest BCUT2D eigenvalue weighted by Crippen LogP contribution is 2.47. The normalized spacial score (nSPS) is 27.1. The van der Waals surface area contributed by atoms with Gasteiger partial charge in [-0.05, 0) is 66.4 Å². The monoisotopic (exact) mass is 450 g/mol. The molecule has 2 aromatic rings. The Morgan fingerprint density at radius 2 is 1.94 bits per heavy atom. The lowest BCUT2D eigenvalue weighted by atomic mass is 9.85. The summed E-state index contributed by atoms with van der Waals surface area (Å²) in [5.74, 6) is 1.31. The number of carbonyl (C=O) groups is 1. The Bertz CT molecular complexity index is 1010. The number of benzene rings is 2. The second-order valence-corrected chi connectivity index (χ2v) is 10.3. The molecule has 1 aliphatic carbocycles. The second-order valence-electron chi connectivity index (χ2n) is 10.3. The zero-order valence-corrected chi connectivity index (χ0v) is 19.8. The number of hydrogen-bond donors (Lipinski definition) is 1. The van der Waals surface area contributed by atoms with Gasteiger partial charge in [0.1, 0.15) is 11.9 Å². The summed E-state index contributed by atoms with van der Waals surface area (Å²) in [5.41, 5.74) is 4.47. The van der Waals surface area contributed by atoms with E-state index >= 15 is 0 Å². The highest BCUT2D eigenvalue weighted by atomic mass is 16.7. The van der Waals surface area contributed by atoms with Gasteiger partial charge in [0.25, 0.3) is 0 Å². The standard InChI is InChI=1S/C27H34N2O4/c1-27(2)15-20-14-19(21-6-4-5-7-23(21)32-17-31-3)8-9-22(20)25(27)28-26(30)33-24-16-29-12-10-18(24)11-13-29/h4-9,14,18,24-25H,10-13,15-17H2,1-3H3,(H,28,30)/t24-,25?/m0/s1. The molecular formula is C27H34N2O4.